The minimum atomic E-state index is -0.739. The van der Waals surface area contributed by atoms with Crippen molar-refractivity contribution >= 4 is 12.0 Å². The van der Waals surface area contributed by atoms with Crippen molar-refractivity contribution in [1.82, 2.24) is 15.1 Å². The summed E-state index contributed by atoms with van der Waals surface area (Å²) in [7, 11) is 0. The second kappa shape index (κ2) is 7.50. The number of nitrogens with zero attached hydrogens (tertiary/aromatic N) is 2. The van der Waals surface area contributed by atoms with E-state index in [1.54, 1.807) is 4.90 Å². The second-order valence-corrected chi connectivity index (χ2v) is 8.35. The van der Waals surface area contributed by atoms with E-state index in [-0.39, 0.29) is 18.0 Å². The summed E-state index contributed by atoms with van der Waals surface area (Å²) < 4.78 is 0. The Morgan fingerprint density at radius 3 is 2.59 bits per heavy atom. The molecule has 3 atom stereocenters. The highest BCUT2D eigenvalue weighted by Crippen LogP contribution is 2.48. The van der Waals surface area contributed by atoms with Gasteiger partial charge in [0.25, 0.3) is 0 Å². The van der Waals surface area contributed by atoms with E-state index in [1.165, 1.54) is 12.8 Å². The first kappa shape index (κ1) is 18.3. The van der Waals surface area contributed by atoms with Gasteiger partial charge in [0.2, 0.25) is 0 Å². The van der Waals surface area contributed by atoms with Crippen LogP contribution in [0, 0.1) is 11.3 Å². The fourth-order valence-corrected chi connectivity index (χ4v) is 5.18. The van der Waals surface area contributed by atoms with Gasteiger partial charge in [-0.15, -0.1) is 0 Å². The monoisotopic (exact) mass is 371 g/mol. The van der Waals surface area contributed by atoms with Gasteiger partial charge < -0.3 is 20.2 Å². The molecule has 0 radical (unpaired) electrons. The Balaban J connectivity index is 1.46. The third-order valence-electron chi connectivity index (χ3n) is 6.72. The number of amides is 2. The first-order valence-corrected chi connectivity index (χ1v) is 10.1. The lowest BCUT2D eigenvalue weighted by Gasteiger charge is -2.28. The number of urea groups is 1. The number of nitrogens with one attached hydrogen (secondary N) is 1. The molecule has 6 heteroatoms. The van der Waals surface area contributed by atoms with E-state index in [0.29, 0.717) is 19.5 Å². The van der Waals surface area contributed by atoms with Crippen molar-refractivity contribution in [2.24, 2.45) is 11.3 Å². The summed E-state index contributed by atoms with van der Waals surface area (Å²) in [6, 6.07) is 9.89. The number of carbonyl (C=O) groups excluding carboxylic acids is 1. The number of rotatable bonds is 5. The molecule has 3 aliphatic rings. The Morgan fingerprint density at radius 2 is 1.93 bits per heavy atom. The van der Waals surface area contributed by atoms with Crippen LogP contribution in [0.1, 0.15) is 43.7 Å². The minimum Gasteiger partial charge on any atom is -0.481 e. The molecule has 27 heavy (non-hydrogen) atoms. The van der Waals surface area contributed by atoms with Crippen molar-refractivity contribution in [3.05, 3.63) is 35.9 Å². The van der Waals surface area contributed by atoms with Crippen LogP contribution in [0.25, 0.3) is 0 Å². The first-order chi connectivity index (χ1) is 13.1. The van der Waals surface area contributed by atoms with Gasteiger partial charge in [0.05, 0.1) is 11.5 Å². The SMILES string of the molecule is O=C(NC(CN1CCCC1)c1ccccc1)N1C[C@@H]2CCC[C@@]2(C(=O)O)C1. The molecule has 2 N–H and O–H groups in total. The number of aliphatic carboxylic acids is 1. The number of fused-ring (bicyclic) bond motifs is 1. The maximum absolute atomic E-state index is 13.0. The Bertz CT molecular complexity index is 689. The standard InChI is InChI=1S/C21H29N3O3/c25-19(26)21-10-6-9-17(21)13-24(15-21)20(27)22-18(14-23-11-4-5-12-23)16-7-2-1-3-8-16/h1-3,7-8,17-18H,4-6,9-15H2,(H,22,27)(H,25,26)/t17-,18?,21+/m0/s1. The highest BCUT2D eigenvalue weighted by Gasteiger charge is 2.55. The van der Waals surface area contributed by atoms with Crippen LogP contribution in [0.2, 0.25) is 0 Å². The highest BCUT2D eigenvalue weighted by atomic mass is 16.4. The number of benzene rings is 1. The molecule has 146 valence electrons. The van der Waals surface area contributed by atoms with Gasteiger partial charge in [-0.1, -0.05) is 36.8 Å². The molecular formula is C21H29N3O3. The third kappa shape index (κ3) is 3.55. The predicted octanol–water partition coefficient (Wildman–Crippen LogP) is 2.72. The zero-order valence-corrected chi connectivity index (χ0v) is 15.8. The van der Waals surface area contributed by atoms with Crippen LogP contribution in [0.15, 0.2) is 30.3 Å². The molecule has 2 amide bonds. The molecule has 1 aromatic rings. The molecule has 2 aliphatic heterocycles. The Morgan fingerprint density at radius 1 is 1.19 bits per heavy atom. The molecule has 0 bridgehead atoms. The van der Waals surface area contributed by atoms with E-state index in [9.17, 15) is 14.7 Å². The summed E-state index contributed by atoms with van der Waals surface area (Å²) in [5.41, 5.74) is 0.374. The zero-order valence-electron chi connectivity index (χ0n) is 15.8. The van der Waals surface area contributed by atoms with Crippen molar-refractivity contribution < 1.29 is 14.7 Å². The molecule has 0 aromatic heterocycles. The van der Waals surface area contributed by atoms with Crippen LogP contribution in [-0.4, -0.2) is 59.6 Å². The van der Waals surface area contributed by atoms with E-state index in [4.69, 9.17) is 0 Å². The minimum absolute atomic E-state index is 0.0713. The maximum Gasteiger partial charge on any atom is 0.317 e. The normalized spacial score (nSPS) is 28.9. The number of hydrogen-bond donors (Lipinski definition) is 2. The van der Waals surface area contributed by atoms with Crippen LogP contribution < -0.4 is 5.32 Å². The molecule has 4 rings (SSSR count). The predicted molar refractivity (Wildman–Crippen MR) is 102 cm³/mol. The van der Waals surface area contributed by atoms with Gasteiger partial charge in [0.15, 0.2) is 0 Å². The lowest BCUT2D eigenvalue weighted by molar-refractivity contribution is -0.149. The quantitative estimate of drug-likeness (QED) is 0.835. The topological polar surface area (TPSA) is 72.9 Å². The van der Waals surface area contributed by atoms with Crippen molar-refractivity contribution in [1.29, 1.82) is 0 Å². The van der Waals surface area contributed by atoms with Crippen molar-refractivity contribution in [2.45, 2.75) is 38.1 Å². The van der Waals surface area contributed by atoms with Gasteiger partial charge in [0.1, 0.15) is 0 Å². The zero-order chi connectivity index (χ0) is 18.9. The summed E-state index contributed by atoms with van der Waals surface area (Å²) in [4.78, 5) is 29.0. The number of carboxylic acid groups (broad SMARTS) is 1. The number of hydrogen-bond acceptors (Lipinski definition) is 3. The lowest BCUT2D eigenvalue weighted by atomic mass is 9.81. The van der Waals surface area contributed by atoms with Crippen LogP contribution >= 0.6 is 0 Å². The van der Waals surface area contributed by atoms with E-state index in [1.807, 2.05) is 18.2 Å². The van der Waals surface area contributed by atoms with E-state index in [2.05, 4.69) is 22.3 Å². The summed E-state index contributed by atoms with van der Waals surface area (Å²) in [6.07, 6.45) is 4.97. The molecule has 1 aromatic carbocycles. The summed E-state index contributed by atoms with van der Waals surface area (Å²) in [5.74, 6) is -0.647. The van der Waals surface area contributed by atoms with Crippen LogP contribution in [0.4, 0.5) is 4.79 Å². The molecular weight excluding hydrogens is 342 g/mol. The maximum atomic E-state index is 13.0. The van der Waals surface area contributed by atoms with E-state index in [0.717, 1.165) is 38.0 Å². The third-order valence-corrected chi connectivity index (χ3v) is 6.72. The fraction of sp³-hybridized carbons (Fsp3) is 0.619. The number of likely N-dealkylation sites (tertiary alicyclic amines) is 2. The molecule has 2 saturated heterocycles. The summed E-state index contributed by atoms with van der Waals surface area (Å²) in [6.45, 7) is 3.85. The van der Waals surface area contributed by atoms with Crippen molar-refractivity contribution in [2.75, 3.05) is 32.7 Å². The smallest absolute Gasteiger partial charge is 0.317 e. The fourth-order valence-electron chi connectivity index (χ4n) is 5.18. The van der Waals surface area contributed by atoms with E-state index >= 15 is 0 Å². The molecule has 6 nitrogen and oxygen atoms in total. The molecule has 1 aliphatic carbocycles. The van der Waals surface area contributed by atoms with Gasteiger partial charge in [0, 0.05) is 19.6 Å². The van der Waals surface area contributed by atoms with Crippen molar-refractivity contribution in [3.63, 3.8) is 0 Å². The number of carboxylic acids is 1. The van der Waals surface area contributed by atoms with Gasteiger partial charge in [-0.25, -0.2) is 4.79 Å². The van der Waals surface area contributed by atoms with Gasteiger partial charge in [-0.2, -0.15) is 0 Å². The summed E-state index contributed by atoms with van der Waals surface area (Å²) >= 11 is 0. The molecule has 3 fully saturated rings. The Labute approximate surface area is 160 Å². The largest absolute Gasteiger partial charge is 0.481 e. The average Bonchev–Trinajstić information content (AvgIpc) is 3.37. The first-order valence-electron chi connectivity index (χ1n) is 10.1. The van der Waals surface area contributed by atoms with Crippen LogP contribution in [-0.2, 0) is 4.79 Å². The highest BCUT2D eigenvalue weighted by molar-refractivity contribution is 5.80. The molecule has 1 saturated carbocycles. The van der Waals surface area contributed by atoms with Gasteiger partial charge in [-0.3, -0.25) is 4.79 Å². The summed E-state index contributed by atoms with van der Waals surface area (Å²) in [5, 5.41) is 13.0. The van der Waals surface area contributed by atoms with E-state index < -0.39 is 11.4 Å². The van der Waals surface area contributed by atoms with Crippen molar-refractivity contribution in [3.8, 4) is 0 Å². The van der Waals surface area contributed by atoms with Gasteiger partial charge >= 0.3 is 12.0 Å². The molecule has 1 unspecified atom stereocenters. The van der Waals surface area contributed by atoms with Gasteiger partial charge in [-0.05, 0) is 50.3 Å². The lowest BCUT2D eigenvalue weighted by Crippen LogP contribution is -2.45. The Hall–Kier alpha value is -2.08. The molecule has 0 spiro atoms. The number of carbonyl (C=O) groups is 2. The Kier molecular flexibility index (Phi) is 5.08. The second-order valence-electron chi connectivity index (χ2n) is 8.35. The van der Waals surface area contributed by atoms with Crippen LogP contribution in [0.3, 0.4) is 0 Å². The molecule has 2 heterocycles. The van der Waals surface area contributed by atoms with Crippen LogP contribution in [0.5, 0.6) is 0 Å². The average molecular weight is 371 g/mol.